The van der Waals surface area contributed by atoms with Gasteiger partial charge in [-0.15, -0.1) is 0 Å². The van der Waals surface area contributed by atoms with Crippen molar-refractivity contribution in [2.24, 2.45) is 0 Å². The Balaban J connectivity index is 2.57. The zero-order valence-electron chi connectivity index (χ0n) is 20.8. The number of nitrogens with one attached hydrogen (secondary N) is 2. The third-order valence-electron chi connectivity index (χ3n) is 5.05. The van der Waals surface area contributed by atoms with Crippen LogP contribution in [0.2, 0.25) is 0 Å². The van der Waals surface area contributed by atoms with Gasteiger partial charge in [0.1, 0.15) is 11.9 Å². The molecule has 5 heteroatoms. The van der Waals surface area contributed by atoms with Crippen molar-refractivity contribution in [1.82, 2.24) is 4.98 Å². The van der Waals surface area contributed by atoms with Crippen molar-refractivity contribution in [1.29, 1.82) is 0 Å². The first-order valence-electron chi connectivity index (χ1n) is 11.5. The van der Waals surface area contributed by atoms with Gasteiger partial charge in [0.2, 0.25) is 0 Å². The number of aromatic amines is 1. The highest BCUT2D eigenvalue weighted by molar-refractivity contribution is 7.99. The second kappa shape index (κ2) is 15.6. The van der Waals surface area contributed by atoms with Gasteiger partial charge in [-0.05, 0) is 85.3 Å². The van der Waals surface area contributed by atoms with Gasteiger partial charge in [0.05, 0.1) is 0 Å². The highest BCUT2D eigenvalue weighted by Gasteiger charge is 2.17. The number of anilines is 1. The predicted octanol–water partition coefficient (Wildman–Crippen LogP) is 7.68. The van der Waals surface area contributed by atoms with E-state index in [0.717, 1.165) is 49.2 Å². The Labute approximate surface area is 199 Å². The van der Waals surface area contributed by atoms with Gasteiger partial charge < -0.3 is 15.4 Å². The average molecular weight is 459 g/mol. The molecule has 0 aromatic carbocycles. The molecule has 1 heterocycles. The molecule has 0 aliphatic carbocycles. The summed E-state index contributed by atoms with van der Waals surface area (Å²) in [4.78, 5) is 14.7. The maximum absolute atomic E-state index is 11.6. The van der Waals surface area contributed by atoms with E-state index in [1.807, 2.05) is 19.2 Å². The number of aromatic nitrogens is 1. The molecule has 0 spiro atoms. The molecule has 0 aliphatic rings. The Morgan fingerprint density at radius 3 is 2.34 bits per heavy atom. The quantitative estimate of drug-likeness (QED) is 0.186. The van der Waals surface area contributed by atoms with Crippen molar-refractivity contribution in [2.45, 2.75) is 79.7 Å². The Hall–Kier alpha value is -2.14. The minimum Gasteiger partial charge on any atom is -0.480 e. The molecule has 0 radical (unpaired) electrons. The molecule has 0 saturated heterocycles. The van der Waals surface area contributed by atoms with E-state index in [-0.39, 0.29) is 0 Å². The molecular weight excluding hydrogens is 416 g/mol. The third-order valence-corrected chi connectivity index (χ3v) is 6.02. The first-order chi connectivity index (χ1) is 15.2. The molecule has 0 aliphatic heterocycles. The van der Waals surface area contributed by atoms with E-state index < -0.39 is 12.0 Å². The second-order valence-corrected chi connectivity index (χ2v) is 10.00. The molecule has 178 valence electrons. The number of allylic oxidation sites excluding steroid dienone is 7. The molecule has 0 saturated carbocycles. The third kappa shape index (κ3) is 13.3. The van der Waals surface area contributed by atoms with E-state index in [0.29, 0.717) is 5.75 Å². The largest absolute Gasteiger partial charge is 0.480 e. The molecule has 0 bridgehead atoms. The smallest absolute Gasteiger partial charge is 0.327 e. The van der Waals surface area contributed by atoms with Gasteiger partial charge in [0, 0.05) is 17.7 Å². The second-order valence-electron chi connectivity index (χ2n) is 8.92. The molecule has 1 aromatic rings. The van der Waals surface area contributed by atoms with Gasteiger partial charge >= 0.3 is 5.97 Å². The number of aliphatic carboxylic acids is 1. The van der Waals surface area contributed by atoms with Gasteiger partial charge in [0.15, 0.2) is 0 Å². The summed E-state index contributed by atoms with van der Waals surface area (Å²) < 4.78 is 0. The van der Waals surface area contributed by atoms with E-state index >= 15 is 0 Å². The van der Waals surface area contributed by atoms with Gasteiger partial charge in [-0.2, -0.15) is 11.8 Å². The van der Waals surface area contributed by atoms with Gasteiger partial charge in [-0.1, -0.05) is 46.6 Å². The lowest BCUT2D eigenvalue weighted by Gasteiger charge is -2.14. The van der Waals surface area contributed by atoms with E-state index in [4.69, 9.17) is 0 Å². The lowest BCUT2D eigenvalue weighted by Crippen LogP contribution is -2.31. The van der Waals surface area contributed by atoms with Gasteiger partial charge in [-0.3, -0.25) is 0 Å². The van der Waals surface area contributed by atoms with Crippen LogP contribution >= 0.6 is 11.8 Å². The summed E-state index contributed by atoms with van der Waals surface area (Å²) in [5, 5.41) is 12.6. The van der Waals surface area contributed by atoms with Crippen LogP contribution in [0.25, 0.3) is 0 Å². The lowest BCUT2D eigenvalue weighted by atomic mass is 10.0. The predicted molar refractivity (Wildman–Crippen MR) is 142 cm³/mol. The summed E-state index contributed by atoms with van der Waals surface area (Å²) in [5.74, 6) is 1.27. The van der Waals surface area contributed by atoms with Crippen LogP contribution in [0, 0.1) is 6.92 Å². The minimum atomic E-state index is -0.827. The van der Waals surface area contributed by atoms with Crippen LogP contribution < -0.4 is 5.32 Å². The molecule has 1 aromatic heterocycles. The maximum Gasteiger partial charge on any atom is 0.327 e. The zero-order chi connectivity index (χ0) is 23.9. The molecule has 4 nitrogen and oxygen atoms in total. The molecule has 32 heavy (non-hydrogen) atoms. The molecule has 0 fully saturated rings. The molecule has 1 atom stereocenters. The van der Waals surface area contributed by atoms with Crippen molar-refractivity contribution in [3.63, 3.8) is 0 Å². The van der Waals surface area contributed by atoms with Gasteiger partial charge in [0.25, 0.3) is 0 Å². The normalized spacial score (nSPS) is 12.9. The number of thioether (sulfide) groups is 1. The molecule has 1 unspecified atom stereocenters. The van der Waals surface area contributed by atoms with Crippen LogP contribution in [-0.4, -0.2) is 33.6 Å². The van der Waals surface area contributed by atoms with Crippen LogP contribution in [-0.2, 0) is 4.79 Å². The van der Waals surface area contributed by atoms with E-state index in [9.17, 15) is 9.90 Å². The fraction of sp³-hybridized carbons (Fsp3) is 0.519. The summed E-state index contributed by atoms with van der Waals surface area (Å²) in [5.41, 5.74) is 6.66. The van der Waals surface area contributed by atoms with E-state index in [1.54, 1.807) is 11.8 Å². The zero-order valence-corrected chi connectivity index (χ0v) is 21.6. The Morgan fingerprint density at radius 1 is 1.06 bits per heavy atom. The van der Waals surface area contributed by atoms with Crippen molar-refractivity contribution in [3.8, 4) is 0 Å². The van der Waals surface area contributed by atoms with Crippen LogP contribution in [0.1, 0.15) is 72.3 Å². The number of carbonyl (C=O) groups is 1. The topological polar surface area (TPSA) is 65.1 Å². The fourth-order valence-corrected chi connectivity index (χ4v) is 4.08. The number of aryl methyl sites for hydroxylation is 1. The first kappa shape index (κ1) is 27.9. The summed E-state index contributed by atoms with van der Waals surface area (Å²) >= 11 is 1.66. The summed E-state index contributed by atoms with van der Waals surface area (Å²) in [6, 6.07) is 1.31. The molecule has 1 rings (SSSR count). The number of hydrogen-bond donors (Lipinski definition) is 3. The molecule has 0 amide bonds. The van der Waals surface area contributed by atoms with Crippen LogP contribution in [0.3, 0.4) is 0 Å². The van der Waals surface area contributed by atoms with Crippen LogP contribution in [0.4, 0.5) is 5.82 Å². The number of carboxylic acid groups (broad SMARTS) is 1. The van der Waals surface area contributed by atoms with Crippen molar-refractivity contribution < 1.29 is 9.90 Å². The Morgan fingerprint density at radius 2 is 1.75 bits per heavy atom. The number of H-pyrrole nitrogens is 1. The molecular formula is C27H42N2O2S. The van der Waals surface area contributed by atoms with Gasteiger partial charge in [-0.25, -0.2) is 4.79 Å². The summed E-state index contributed by atoms with van der Waals surface area (Å²) in [7, 11) is 0. The number of carboxylic acids is 1. The minimum absolute atomic E-state index is 0.517. The van der Waals surface area contributed by atoms with E-state index in [1.165, 1.54) is 22.3 Å². The lowest BCUT2D eigenvalue weighted by molar-refractivity contribution is -0.137. The Kier molecular flexibility index (Phi) is 13.6. The summed E-state index contributed by atoms with van der Waals surface area (Å²) in [6.07, 6.45) is 16.4. The van der Waals surface area contributed by atoms with Crippen molar-refractivity contribution >= 4 is 23.5 Å². The maximum atomic E-state index is 11.6. The van der Waals surface area contributed by atoms with Crippen LogP contribution in [0.5, 0.6) is 0 Å². The average Bonchev–Trinajstić information content (AvgIpc) is 3.11. The SMILES string of the molecule is CC(C)=CCC/C(C)=C/CC/C(=C/CSCC(Nc1cc(C)c[nH]1)C(=O)O)CC=C(C)C. The fourth-order valence-electron chi connectivity index (χ4n) is 3.13. The Bertz CT molecular complexity index is 822. The number of rotatable bonds is 15. The van der Waals surface area contributed by atoms with E-state index in [2.05, 4.69) is 69.2 Å². The number of hydrogen-bond acceptors (Lipinski definition) is 3. The van der Waals surface area contributed by atoms with Crippen LogP contribution in [0.15, 0.2) is 58.9 Å². The standard InChI is InChI=1S/C27H42N2O2S/c1-20(2)9-7-10-22(5)11-8-12-24(14-13-21(3)4)15-16-32-19-25(27(30)31)29-26-17-23(6)18-28-26/h9,11,13,15,17-18,25,28-29H,7-8,10,12,14,16,19H2,1-6H3,(H,30,31)/b22-11+,24-15-. The highest BCUT2D eigenvalue weighted by atomic mass is 32.2. The highest BCUT2D eigenvalue weighted by Crippen LogP contribution is 2.18. The van der Waals surface area contributed by atoms with Crippen molar-refractivity contribution in [2.75, 3.05) is 16.8 Å². The molecule has 3 N–H and O–H groups in total. The monoisotopic (exact) mass is 458 g/mol. The van der Waals surface area contributed by atoms with Crippen molar-refractivity contribution in [3.05, 3.63) is 64.4 Å². The first-order valence-corrected chi connectivity index (χ1v) is 12.6. The summed E-state index contributed by atoms with van der Waals surface area (Å²) in [6.45, 7) is 12.8.